The van der Waals surface area contributed by atoms with E-state index in [9.17, 15) is 0 Å². The number of likely N-dealkylation sites (tertiary alicyclic amines) is 1. The predicted octanol–water partition coefficient (Wildman–Crippen LogP) is 4.22. The molecule has 1 nitrogen and oxygen atoms in total. The summed E-state index contributed by atoms with van der Waals surface area (Å²) in [5, 5.41) is 0. The molecule has 1 aliphatic heterocycles. The van der Waals surface area contributed by atoms with Crippen molar-refractivity contribution in [3.63, 3.8) is 0 Å². The molecule has 0 radical (unpaired) electrons. The van der Waals surface area contributed by atoms with Crippen LogP contribution in [0, 0.1) is 11.3 Å². The summed E-state index contributed by atoms with van der Waals surface area (Å²) in [6.45, 7) is 17.4. The first kappa shape index (κ1) is 13.4. The maximum atomic E-state index is 2.47. The summed E-state index contributed by atoms with van der Waals surface area (Å²) in [7, 11) is 0. The quantitative estimate of drug-likeness (QED) is 0.632. The van der Waals surface area contributed by atoms with Crippen LogP contribution in [0.4, 0.5) is 0 Å². The van der Waals surface area contributed by atoms with Gasteiger partial charge in [0.05, 0.1) is 24.7 Å². The van der Waals surface area contributed by atoms with E-state index in [0.717, 1.165) is 12.0 Å². The van der Waals surface area contributed by atoms with Gasteiger partial charge in [0, 0.05) is 18.8 Å². The third-order valence-corrected chi connectivity index (χ3v) is 5.39. The van der Waals surface area contributed by atoms with Gasteiger partial charge in [-0.05, 0) is 39.0 Å². The van der Waals surface area contributed by atoms with Crippen LogP contribution < -0.4 is 0 Å². The SMILES string of the molecule is CC(C)(C)CC[N+]1(C(C)(C)C)CC2CCC1C2. The lowest BCUT2D eigenvalue weighted by Gasteiger charge is -2.52. The molecule has 3 atom stereocenters. The van der Waals surface area contributed by atoms with E-state index in [4.69, 9.17) is 0 Å². The molecule has 0 N–H and O–H groups in total. The Labute approximate surface area is 108 Å². The molecule has 1 saturated heterocycles. The first-order valence-corrected chi connectivity index (χ1v) is 7.51. The van der Waals surface area contributed by atoms with Crippen molar-refractivity contribution >= 4 is 0 Å². The Bertz CT molecular complexity index is 281. The summed E-state index contributed by atoms with van der Waals surface area (Å²) >= 11 is 0. The lowest BCUT2D eigenvalue weighted by molar-refractivity contribution is -0.986. The molecular formula is C16H32N+. The van der Waals surface area contributed by atoms with Crippen LogP contribution in [0.5, 0.6) is 0 Å². The zero-order valence-electron chi connectivity index (χ0n) is 12.8. The summed E-state index contributed by atoms with van der Waals surface area (Å²) in [5.41, 5.74) is 0.920. The summed E-state index contributed by atoms with van der Waals surface area (Å²) < 4.78 is 1.41. The number of nitrogens with zero attached hydrogens (tertiary/aromatic N) is 1. The highest BCUT2D eigenvalue weighted by Gasteiger charge is 2.56. The summed E-state index contributed by atoms with van der Waals surface area (Å²) in [6, 6.07) is 0.974. The highest BCUT2D eigenvalue weighted by Crippen LogP contribution is 2.48. The molecule has 17 heavy (non-hydrogen) atoms. The molecule has 0 spiro atoms. The summed E-state index contributed by atoms with van der Waals surface area (Å²) in [6.07, 6.45) is 5.89. The lowest BCUT2D eigenvalue weighted by atomic mass is 9.88. The molecule has 0 aromatic rings. The first-order chi connectivity index (χ1) is 7.64. The Morgan fingerprint density at radius 3 is 2.00 bits per heavy atom. The van der Waals surface area contributed by atoms with E-state index >= 15 is 0 Å². The van der Waals surface area contributed by atoms with Crippen molar-refractivity contribution in [2.24, 2.45) is 11.3 Å². The number of rotatable bonds is 2. The molecule has 100 valence electrons. The Hall–Kier alpha value is -0.0400. The first-order valence-electron chi connectivity index (χ1n) is 7.51. The molecule has 3 unspecified atom stereocenters. The Morgan fingerprint density at radius 1 is 1.00 bits per heavy atom. The highest BCUT2D eigenvalue weighted by atomic mass is 15.4. The van der Waals surface area contributed by atoms with E-state index in [-0.39, 0.29) is 0 Å². The molecule has 0 amide bonds. The lowest BCUT2D eigenvalue weighted by Crippen LogP contribution is -2.64. The van der Waals surface area contributed by atoms with Crippen molar-refractivity contribution < 1.29 is 4.48 Å². The van der Waals surface area contributed by atoms with Crippen LogP contribution in [0.15, 0.2) is 0 Å². The second kappa shape index (κ2) is 3.98. The van der Waals surface area contributed by atoms with Gasteiger partial charge in [-0.1, -0.05) is 20.8 Å². The standard InChI is InChI=1S/C16H32N/c1-15(2,3)9-10-17(16(4,5)6)12-13-7-8-14(17)11-13/h13-14H,7-12H2,1-6H3/q+1. The van der Waals surface area contributed by atoms with Crippen LogP contribution in [0.2, 0.25) is 0 Å². The van der Waals surface area contributed by atoms with Gasteiger partial charge in [0.15, 0.2) is 0 Å². The minimum atomic E-state index is 0.436. The maximum absolute atomic E-state index is 2.47. The van der Waals surface area contributed by atoms with E-state index in [2.05, 4.69) is 41.5 Å². The third kappa shape index (κ3) is 2.41. The van der Waals surface area contributed by atoms with E-state index in [1.54, 1.807) is 0 Å². The van der Waals surface area contributed by atoms with Crippen LogP contribution in [-0.2, 0) is 0 Å². The second-order valence-electron chi connectivity index (χ2n) is 8.75. The Balaban J connectivity index is 2.15. The van der Waals surface area contributed by atoms with Crippen LogP contribution in [-0.4, -0.2) is 29.2 Å². The number of hydrogen-bond donors (Lipinski definition) is 0. The number of quaternary nitrogens is 1. The van der Waals surface area contributed by atoms with E-state index in [1.165, 1.54) is 43.3 Å². The van der Waals surface area contributed by atoms with Gasteiger partial charge in [0.2, 0.25) is 0 Å². The average molecular weight is 238 g/mol. The van der Waals surface area contributed by atoms with Gasteiger partial charge in [-0.3, -0.25) is 0 Å². The van der Waals surface area contributed by atoms with Crippen LogP contribution >= 0.6 is 0 Å². The van der Waals surface area contributed by atoms with E-state index in [1.807, 2.05) is 0 Å². The number of fused-ring (bicyclic) bond motifs is 2. The van der Waals surface area contributed by atoms with Gasteiger partial charge in [0.25, 0.3) is 0 Å². The number of hydrogen-bond acceptors (Lipinski definition) is 0. The Kier molecular flexibility index (Phi) is 3.14. The largest absolute Gasteiger partial charge is 0.317 e. The van der Waals surface area contributed by atoms with Gasteiger partial charge < -0.3 is 4.48 Å². The van der Waals surface area contributed by atoms with Gasteiger partial charge >= 0.3 is 0 Å². The van der Waals surface area contributed by atoms with Crippen LogP contribution in [0.1, 0.15) is 67.2 Å². The molecule has 2 rings (SSSR count). The topological polar surface area (TPSA) is 0 Å². The minimum absolute atomic E-state index is 0.436. The smallest absolute Gasteiger partial charge is 0.0909 e. The molecule has 2 fully saturated rings. The summed E-state index contributed by atoms with van der Waals surface area (Å²) in [5.74, 6) is 1.04. The molecule has 0 aromatic carbocycles. The van der Waals surface area contributed by atoms with Gasteiger partial charge in [0.1, 0.15) is 0 Å². The average Bonchev–Trinajstić information content (AvgIpc) is 2.71. The van der Waals surface area contributed by atoms with Gasteiger partial charge in [-0.25, -0.2) is 0 Å². The zero-order valence-corrected chi connectivity index (χ0v) is 12.8. The van der Waals surface area contributed by atoms with E-state index in [0.29, 0.717) is 11.0 Å². The third-order valence-electron chi connectivity index (χ3n) is 5.39. The maximum Gasteiger partial charge on any atom is 0.0909 e. The molecule has 1 heterocycles. The van der Waals surface area contributed by atoms with Crippen molar-refractivity contribution in [3.05, 3.63) is 0 Å². The number of piperidine rings is 1. The molecular weight excluding hydrogens is 206 g/mol. The second-order valence-corrected chi connectivity index (χ2v) is 8.75. The summed E-state index contributed by atoms with van der Waals surface area (Å²) in [4.78, 5) is 0. The van der Waals surface area contributed by atoms with Crippen LogP contribution in [0.25, 0.3) is 0 Å². The van der Waals surface area contributed by atoms with Gasteiger partial charge in [-0.2, -0.15) is 0 Å². The molecule has 2 aliphatic rings. The van der Waals surface area contributed by atoms with Gasteiger partial charge in [-0.15, -0.1) is 0 Å². The predicted molar refractivity (Wildman–Crippen MR) is 74.9 cm³/mol. The fourth-order valence-corrected chi connectivity index (χ4v) is 4.24. The van der Waals surface area contributed by atoms with Crippen molar-refractivity contribution in [2.45, 2.75) is 78.8 Å². The fraction of sp³-hybridized carbons (Fsp3) is 1.00. The molecule has 1 saturated carbocycles. The van der Waals surface area contributed by atoms with Crippen molar-refractivity contribution in [2.75, 3.05) is 13.1 Å². The molecule has 2 bridgehead atoms. The van der Waals surface area contributed by atoms with Crippen LogP contribution in [0.3, 0.4) is 0 Å². The van der Waals surface area contributed by atoms with Crippen molar-refractivity contribution in [1.29, 1.82) is 0 Å². The molecule has 0 aromatic heterocycles. The van der Waals surface area contributed by atoms with E-state index < -0.39 is 0 Å². The fourth-order valence-electron chi connectivity index (χ4n) is 4.24. The highest BCUT2D eigenvalue weighted by molar-refractivity contribution is 4.88. The van der Waals surface area contributed by atoms with Crippen molar-refractivity contribution in [3.8, 4) is 0 Å². The normalized spacial score (nSPS) is 37.8. The minimum Gasteiger partial charge on any atom is -0.317 e. The molecule has 1 heteroatoms. The van der Waals surface area contributed by atoms with Crippen molar-refractivity contribution in [1.82, 2.24) is 0 Å². The zero-order chi connectivity index (χ0) is 12.9. The molecule has 1 aliphatic carbocycles. The monoisotopic (exact) mass is 238 g/mol. The Morgan fingerprint density at radius 2 is 1.65 bits per heavy atom.